The fraction of sp³-hybridized carbons (Fsp3) is 0. The van der Waals surface area contributed by atoms with E-state index >= 15 is 0 Å². The number of primary amides is 1. The van der Waals surface area contributed by atoms with Crippen molar-refractivity contribution in [3.63, 3.8) is 0 Å². The summed E-state index contributed by atoms with van der Waals surface area (Å²) in [7, 11) is 0. The highest BCUT2D eigenvalue weighted by atomic mass is 127. The third-order valence-corrected chi connectivity index (χ3v) is 2.91. The van der Waals surface area contributed by atoms with Crippen molar-refractivity contribution in [3.8, 4) is 17.0 Å². The summed E-state index contributed by atoms with van der Waals surface area (Å²) < 4.78 is 0.758. The fourth-order valence-electron chi connectivity index (χ4n) is 1.32. The van der Waals surface area contributed by atoms with Crippen LogP contribution in [0.5, 0.6) is 5.75 Å². The van der Waals surface area contributed by atoms with Gasteiger partial charge in [0, 0.05) is 3.57 Å². The number of rotatable bonds is 2. The SMILES string of the molecule is NC(=O)c1n[nH]nc1-c1c(O)cccc1I. The number of halogens is 1. The van der Waals surface area contributed by atoms with Crippen LogP contribution in [0.3, 0.4) is 0 Å². The summed E-state index contributed by atoms with van der Waals surface area (Å²) in [6, 6.07) is 5.00. The average Bonchev–Trinajstić information content (AvgIpc) is 2.66. The molecule has 2 rings (SSSR count). The topological polar surface area (TPSA) is 105 Å². The standard InChI is InChI=1S/C9H7IN4O2/c10-4-2-1-3-5(15)6(4)7-8(9(11)16)13-14-12-7/h1-3,15H,(H2,11,16)(H,12,13,14). The molecule has 0 aliphatic rings. The average molecular weight is 330 g/mol. The Hall–Kier alpha value is -1.64. The Morgan fingerprint density at radius 2 is 2.19 bits per heavy atom. The van der Waals surface area contributed by atoms with Gasteiger partial charge in [0.25, 0.3) is 5.91 Å². The van der Waals surface area contributed by atoms with Crippen molar-refractivity contribution in [2.45, 2.75) is 0 Å². The minimum Gasteiger partial charge on any atom is -0.507 e. The maximum Gasteiger partial charge on any atom is 0.271 e. The molecule has 1 amide bonds. The molecule has 0 fully saturated rings. The van der Waals surface area contributed by atoms with E-state index in [0.29, 0.717) is 5.56 Å². The van der Waals surface area contributed by atoms with E-state index < -0.39 is 5.91 Å². The molecular formula is C9H7IN4O2. The maximum atomic E-state index is 11.1. The lowest BCUT2D eigenvalue weighted by Gasteiger charge is -2.04. The number of phenolic OH excluding ortho intramolecular Hbond substituents is 1. The van der Waals surface area contributed by atoms with Crippen molar-refractivity contribution >= 4 is 28.5 Å². The number of nitrogens with one attached hydrogen (secondary N) is 1. The monoisotopic (exact) mass is 330 g/mol. The Balaban J connectivity index is 2.68. The molecule has 82 valence electrons. The Morgan fingerprint density at radius 1 is 1.44 bits per heavy atom. The highest BCUT2D eigenvalue weighted by Crippen LogP contribution is 2.33. The van der Waals surface area contributed by atoms with Crippen LogP contribution in [0.15, 0.2) is 18.2 Å². The largest absolute Gasteiger partial charge is 0.507 e. The molecule has 7 heteroatoms. The van der Waals surface area contributed by atoms with Crippen LogP contribution < -0.4 is 5.73 Å². The first-order valence-electron chi connectivity index (χ1n) is 4.29. The van der Waals surface area contributed by atoms with Crippen molar-refractivity contribution in [2.24, 2.45) is 5.73 Å². The van der Waals surface area contributed by atoms with Gasteiger partial charge in [0.2, 0.25) is 0 Å². The van der Waals surface area contributed by atoms with Crippen molar-refractivity contribution in [3.05, 3.63) is 27.5 Å². The zero-order valence-corrected chi connectivity index (χ0v) is 10.1. The van der Waals surface area contributed by atoms with Gasteiger partial charge in [-0.1, -0.05) is 6.07 Å². The summed E-state index contributed by atoms with van der Waals surface area (Å²) in [5.74, 6) is -0.661. The number of aromatic amines is 1. The van der Waals surface area contributed by atoms with E-state index in [0.717, 1.165) is 3.57 Å². The van der Waals surface area contributed by atoms with Crippen LogP contribution in [0, 0.1) is 3.57 Å². The first-order chi connectivity index (χ1) is 7.61. The van der Waals surface area contributed by atoms with Gasteiger partial charge in [0.05, 0.1) is 5.56 Å². The smallest absolute Gasteiger partial charge is 0.271 e. The van der Waals surface area contributed by atoms with Crippen LogP contribution in [0.25, 0.3) is 11.3 Å². The number of hydrogen-bond acceptors (Lipinski definition) is 4. The zero-order chi connectivity index (χ0) is 11.7. The Kier molecular flexibility index (Phi) is 2.77. The number of carbonyl (C=O) groups is 1. The molecule has 6 nitrogen and oxygen atoms in total. The van der Waals surface area contributed by atoms with Gasteiger partial charge in [-0.2, -0.15) is 15.4 Å². The number of phenols is 1. The van der Waals surface area contributed by atoms with Crippen molar-refractivity contribution in [1.29, 1.82) is 0 Å². The number of aromatic hydroxyl groups is 1. The maximum absolute atomic E-state index is 11.1. The molecule has 0 atom stereocenters. The highest BCUT2D eigenvalue weighted by Gasteiger charge is 2.19. The van der Waals surface area contributed by atoms with Crippen LogP contribution in [-0.4, -0.2) is 26.4 Å². The van der Waals surface area contributed by atoms with Gasteiger partial charge in [-0.25, -0.2) is 0 Å². The summed E-state index contributed by atoms with van der Waals surface area (Å²) in [5, 5.41) is 19.5. The van der Waals surface area contributed by atoms with E-state index in [4.69, 9.17) is 5.73 Å². The second kappa shape index (κ2) is 4.08. The summed E-state index contributed by atoms with van der Waals surface area (Å²) in [6.07, 6.45) is 0. The van der Waals surface area contributed by atoms with Gasteiger partial charge in [-0.05, 0) is 34.7 Å². The van der Waals surface area contributed by atoms with Gasteiger partial charge >= 0.3 is 0 Å². The van der Waals surface area contributed by atoms with E-state index in [1.165, 1.54) is 6.07 Å². The molecule has 1 aromatic heterocycles. The van der Waals surface area contributed by atoms with Gasteiger partial charge in [0.1, 0.15) is 11.4 Å². The molecule has 0 radical (unpaired) electrons. The molecular weight excluding hydrogens is 323 g/mol. The van der Waals surface area contributed by atoms with Crippen molar-refractivity contribution in [1.82, 2.24) is 15.4 Å². The predicted molar refractivity (Wildman–Crippen MR) is 64.7 cm³/mol. The Labute approximate surface area is 104 Å². The third kappa shape index (κ3) is 1.73. The van der Waals surface area contributed by atoms with E-state index in [-0.39, 0.29) is 17.1 Å². The van der Waals surface area contributed by atoms with E-state index in [9.17, 15) is 9.90 Å². The summed E-state index contributed by atoms with van der Waals surface area (Å²) >= 11 is 2.03. The molecule has 0 aliphatic heterocycles. The predicted octanol–water partition coefficient (Wildman–Crippen LogP) is 0.881. The van der Waals surface area contributed by atoms with Crippen molar-refractivity contribution < 1.29 is 9.90 Å². The van der Waals surface area contributed by atoms with Gasteiger partial charge in [0.15, 0.2) is 5.69 Å². The molecule has 0 saturated carbocycles. The van der Waals surface area contributed by atoms with Gasteiger partial charge in [-0.15, -0.1) is 0 Å². The van der Waals surface area contributed by atoms with Crippen LogP contribution in [0.2, 0.25) is 0 Å². The lowest BCUT2D eigenvalue weighted by atomic mass is 10.1. The zero-order valence-electron chi connectivity index (χ0n) is 7.94. The second-order valence-corrected chi connectivity index (χ2v) is 4.18. The number of amides is 1. The normalized spacial score (nSPS) is 10.3. The van der Waals surface area contributed by atoms with Gasteiger partial charge in [-0.3, -0.25) is 4.79 Å². The summed E-state index contributed by atoms with van der Waals surface area (Å²) in [4.78, 5) is 11.1. The minimum absolute atomic E-state index is 0.0133. The summed E-state index contributed by atoms with van der Waals surface area (Å²) in [5.41, 5.74) is 5.87. The van der Waals surface area contributed by atoms with E-state index in [1.807, 2.05) is 22.6 Å². The van der Waals surface area contributed by atoms with Crippen LogP contribution in [-0.2, 0) is 0 Å². The third-order valence-electron chi connectivity index (χ3n) is 2.01. The fourth-order valence-corrected chi connectivity index (χ4v) is 2.06. The Bertz CT molecular complexity index is 532. The first-order valence-corrected chi connectivity index (χ1v) is 5.37. The minimum atomic E-state index is -0.692. The molecule has 1 heterocycles. The molecule has 1 aromatic carbocycles. The molecule has 2 aromatic rings. The van der Waals surface area contributed by atoms with Crippen molar-refractivity contribution in [2.75, 3.05) is 0 Å². The summed E-state index contributed by atoms with van der Waals surface area (Å²) in [6.45, 7) is 0. The molecule has 0 unspecified atom stereocenters. The number of hydrogen-bond donors (Lipinski definition) is 3. The number of benzene rings is 1. The first kappa shape index (κ1) is 10.9. The van der Waals surface area contributed by atoms with E-state index in [1.54, 1.807) is 12.1 Å². The number of H-pyrrole nitrogens is 1. The highest BCUT2D eigenvalue weighted by molar-refractivity contribution is 14.1. The number of aromatic nitrogens is 3. The van der Waals surface area contributed by atoms with Crippen LogP contribution >= 0.6 is 22.6 Å². The number of carbonyl (C=O) groups excluding carboxylic acids is 1. The number of nitrogens with zero attached hydrogens (tertiary/aromatic N) is 2. The molecule has 4 N–H and O–H groups in total. The second-order valence-electron chi connectivity index (χ2n) is 3.02. The van der Waals surface area contributed by atoms with Crippen LogP contribution in [0.4, 0.5) is 0 Å². The quantitative estimate of drug-likeness (QED) is 0.711. The molecule has 0 spiro atoms. The Morgan fingerprint density at radius 3 is 2.81 bits per heavy atom. The van der Waals surface area contributed by atoms with E-state index in [2.05, 4.69) is 15.4 Å². The number of nitrogens with two attached hydrogens (primary N) is 1. The lowest BCUT2D eigenvalue weighted by molar-refractivity contribution is 0.0996. The molecule has 0 bridgehead atoms. The molecule has 16 heavy (non-hydrogen) atoms. The lowest BCUT2D eigenvalue weighted by Crippen LogP contribution is -2.13. The molecule has 0 aliphatic carbocycles. The van der Waals surface area contributed by atoms with Gasteiger partial charge < -0.3 is 10.8 Å². The van der Waals surface area contributed by atoms with Crippen LogP contribution in [0.1, 0.15) is 10.5 Å². The molecule has 0 saturated heterocycles.